The second-order valence-electron chi connectivity index (χ2n) is 4.25. The Hall–Kier alpha value is -0.120. The van der Waals surface area contributed by atoms with Crippen LogP contribution in [-0.2, 0) is 4.74 Å². The van der Waals surface area contributed by atoms with Crippen LogP contribution < -0.4 is 0 Å². The topological polar surface area (TPSA) is 32.7 Å². The molecule has 2 fully saturated rings. The minimum absolute atomic E-state index is 0.209. The Morgan fingerprint density at radius 2 is 2.38 bits per heavy atom. The third-order valence-electron chi connectivity index (χ3n) is 3.10. The van der Waals surface area contributed by atoms with Gasteiger partial charge in [0.05, 0.1) is 18.8 Å². The number of hydrogen-bond donors (Lipinski definition) is 1. The number of ether oxygens (including phenoxy) is 1. The molecule has 0 radical (unpaired) electrons. The van der Waals surface area contributed by atoms with Gasteiger partial charge in [-0.25, -0.2) is 0 Å². The van der Waals surface area contributed by atoms with E-state index in [1.165, 1.54) is 19.3 Å². The zero-order valence-electron chi connectivity index (χ0n) is 8.28. The molecule has 1 saturated carbocycles. The van der Waals surface area contributed by atoms with Crippen LogP contribution in [0, 0.1) is 0 Å². The second kappa shape index (κ2) is 3.95. The van der Waals surface area contributed by atoms with E-state index < -0.39 is 0 Å². The van der Waals surface area contributed by atoms with Crippen LogP contribution in [0.25, 0.3) is 0 Å². The van der Waals surface area contributed by atoms with Crippen LogP contribution in [0.1, 0.15) is 26.2 Å². The molecule has 0 amide bonds. The predicted octanol–water partition coefficient (Wildman–Crippen LogP) is 0.620. The molecule has 0 aromatic carbocycles. The Balaban J connectivity index is 1.93. The summed E-state index contributed by atoms with van der Waals surface area (Å²) in [4.78, 5) is 2.39. The van der Waals surface area contributed by atoms with Crippen molar-refractivity contribution in [3.8, 4) is 0 Å². The van der Waals surface area contributed by atoms with Crippen LogP contribution in [0.15, 0.2) is 0 Å². The van der Waals surface area contributed by atoms with E-state index in [2.05, 4.69) is 4.90 Å². The highest BCUT2D eigenvalue weighted by atomic mass is 16.5. The van der Waals surface area contributed by atoms with Gasteiger partial charge in [-0.2, -0.15) is 0 Å². The number of nitrogens with zero attached hydrogens (tertiary/aromatic N) is 1. The van der Waals surface area contributed by atoms with Crippen molar-refractivity contribution in [3.63, 3.8) is 0 Å². The second-order valence-corrected chi connectivity index (χ2v) is 4.25. The van der Waals surface area contributed by atoms with Gasteiger partial charge in [-0.05, 0) is 26.2 Å². The molecule has 3 atom stereocenters. The summed E-state index contributed by atoms with van der Waals surface area (Å²) >= 11 is 0. The van der Waals surface area contributed by atoms with E-state index in [-0.39, 0.29) is 6.10 Å². The van der Waals surface area contributed by atoms with Crippen molar-refractivity contribution in [2.24, 2.45) is 0 Å². The molecule has 0 spiro atoms. The first-order valence-electron chi connectivity index (χ1n) is 5.31. The van der Waals surface area contributed by atoms with Gasteiger partial charge in [0.15, 0.2) is 0 Å². The van der Waals surface area contributed by atoms with Crippen molar-refractivity contribution in [2.75, 3.05) is 19.7 Å². The summed E-state index contributed by atoms with van der Waals surface area (Å²) in [6.45, 7) is 4.50. The van der Waals surface area contributed by atoms with Crippen LogP contribution in [0.2, 0.25) is 0 Å². The summed E-state index contributed by atoms with van der Waals surface area (Å²) in [6.07, 6.45) is 3.98. The van der Waals surface area contributed by atoms with Gasteiger partial charge < -0.3 is 9.84 Å². The van der Waals surface area contributed by atoms with Crippen molar-refractivity contribution < 1.29 is 9.84 Å². The molecule has 0 aromatic rings. The van der Waals surface area contributed by atoms with Crippen molar-refractivity contribution in [1.29, 1.82) is 0 Å². The van der Waals surface area contributed by atoms with E-state index in [0.717, 1.165) is 19.7 Å². The maximum Gasteiger partial charge on any atom is 0.0730 e. The quantitative estimate of drug-likeness (QED) is 0.684. The fourth-order valence-corrected chi connectivity index (χ4v) is 2.57. The van der Waals surface area contributed by atoms with Crippen LogP contribution in [0.3, 0.4) is 0 Å². The molecule has 2 aliphatic rings. The summed E-state index contributed by atoms with van der Waals surface area (Å²) in [7, 11) is 0. The monoisotopic (exact) mass is 185 g/mol. The number of fused-ring (bicyclic) bond motifs is 1. The fourth-order valence-electron chi connectivity index (χ4n) is 2.57. The minimum Gasteiger partial charge on any atom is -0.392 e. The number of hydrogen-bond acceptors (Lipinski definition) is 3. The summed E-state index contributed by atoms with van der Waals surface area (Å²) in [5.74, 6) is 0. The lowest BCUT2D eigenvalue weighted by molar-refractivity contribution is -0.0656. The first kappa shape index (κ1) is 9.44. The van der Waals surface area contributed by atoms with Gasteiger partial charge in [0.2, 0.25) is 0 Å². The van der Waals surface area contributed by atoms with Crippen LogP contribution in [0.5, 0.6) is 0 Å². The number of β-amino-alcohol motifs (C(OH)–C–C–N with tert-alkyl or cyclic N) is 1. The van der Waals surface area contributed by atoms with E-state index in [1.807, 2.05) is 6.92 Å². The van der Waals surface area contributed by atoms with Gasteiger partial charge >= 0.3 is 0 Å². The zero-order valence-corrected chi connectivity index (χ0v) is 8.28. The van der Waals surface area contributed by atoms with Crippen molar-refractivity contribution in [3.05, 3.63) is 0 Å². The Morgan fingerprint density at radius 1 is 1.54 bits per heavy atom. The maximum absolute atomic E-state index is 9.34. The minimum atomic E-state index is -0.209. The highest BCUT2D eigenvalue weighted by Gasteiger charge is 2.35. The average Bonchev–Trinajstić information content (AvgIpc) is 2.51. The average molecular weight is 185 g/mol. The molecule has 2 unspecified atom stereocenters. The highest BCUT2D eigenvalue weighted by molar-refractivity contribution is 4.89. The molecule has 2 rings (SSSR count). The largest absolute Gasteiger partial charge is 0.392 e. The Bertz CT molecular complexity index is 172. The molecule has 13 heavy (non-hydrogen) atoms. The summed E-state index contributed by atoms with van der Waals surface area (Å²) in [5, 5.41) is 9.34. The Morgan fingerprint density at radius 3 is 3.15 bits per heavy atom. The Kier molecular flexibility index (Phi) is 2.86. The smallest absolute Gasteiger partial charge is 0.0730 e. The molecule has 76 valence electrons. The molecule has 0 bridgehead atoms. The SMILES string of the molecule is C[C@@H](O)CN1CCOC2CCCC21. The third-order valence-corrected chi connectivity index (χ3v) is 3.10. The Labute approximate surface area is 79.7 Å². The molecular formula is C10H19NO2. The molecule has 1 heterocycles. The molecule has 3 nitrogen and oxygen atoms in total. The van der Waals surface area contributed by atoms with Crippen LogP contribution in [0.4, 0.5) is 0 Å². The van der Waals surface area contributed by atoms with E-state index in [4.69, 9.17) is 4.74 Å². The first-order chi connectivity index (χ1) is 6.27. The standard InChI is InChI=1S/C10H19NO2/c1-8(12)7-11-5-6-13-10-4-2-3-9(10)11/h8-10,12H,2-7H2,1H3/t8-,9?,10?/m1/s1. The molecule has 1 aliphatic heterocycles. The van der Waals surface area contributed by atoms with Gasteiger partial charge in [-0.3, -0.25) is 4.90 Å². The lowest BCUT2D eigenvalue weighted by Crippen LogP contribution is -2.50. The predicted molar refractivity (Wildman–Crippen MR) is 50.6 cm³/mol. The lowest BCUT2D eigenvalue weighted by atomic mass is 10.1. The first-order valence-corrected chi connectivity index (χ1v) is 5.31. The maximum atomic E-state index is 9.34. The molecule has 1 saturated heterocycles. The number of aliphatic hydroxyl groups excluding tert-OH is 1. The molecule has 3 heteroatoms. The number of morpholine rings is 1. The van der Waals surface area contributed by atoms with Crippen LogP contribution in [-0.4, -0.2) is 48.0 Å². The van der Waals surface area contributed by atoms with Gasteiger partial charge in [-0.1, -0.05) is 0 Å². The fraction of sp³-hybridized carbons (Fsp3) is 1.00. The molecule has 0 aromatic heterocycles. The van der Waals surface area contributed by atoms with Crippen molar-refractivity contribution >= 4 is 0 Å². The van der Waals surface area contributed by atoms with Crippen LogP contribution >= 0.6 is 0 Å². The summed E-state index contributed by atoms with van der Waals surface area (Å²) in [6, 6.07) is 0.586. The third kappa shape index (κ3) is 2.03. The molecular weight excluding hydrogens is 166 g/mol. The lowest BCUT2D eigenvalue weighted by Gasteiger charge is -2.38. The van der Waals surface area contributed by atoms with Crippen molar-refractivity contribution in [2.45, 2.75) is 44.4 Å². The van der Waals surface area contributed by atoms with Gasteiger partial charge in [0.1, 0.15) is 0 Å². The normalized spacial score (nSPS) is 37.4. The van der Waals surface area contributed by atoms with Gasteiger partial charge in [0.25, 0.3) is 0 Å². The summed E-state index contributed by atoms with van der Waals surface area (Å²) < 4.78 is 5.69. The summed E-state index contributed by atoms with van der Waals surface area (Å²) in [5.41, 5.74) is 0. The van der Waals surface area contributed by atoms with E-state index in [0.29, 0.717) is 12.1 Å². The van der Waals surface area contributed by atoms with E-state index in [9.17, 15) is 5.11 Å². The highest BCUT2D eigenvalue weighted by Crippen LogP contribution is 2.29. The van der Waals surface area contributed by atoms with Crippen molar-refractivity contribution in [1.82, 2.24) is 4.90 Å². The van der Waals surface area contributed by atoms with Gasteiger partial charge in [0, 0.05) is 19.1 Å². The van der Waals surface area contributed by atoms with Gasteiger partial charge in [-0.15, -0.1) is 0 Å². The molecule has 1 N–H and O–H groups in total. The van der Waals surface area contributed by atoms with E-state index in [1.54, 1.807) is 0 Å². The zero-order chi connectivity index (χ0) is 9.26. The molecule has 1 aliphatic carbocycles. The van der Waals surface area contributed by atoms with E-state index >= 15 is 0 Å². The number of aliphatic hydroxyl groups is 1. The number of rotatable bonds is 2.